The lowest BCUT2D eigenvalue weighted by molar-refractivity contribution is 0.0982. The lowest BCUT2D eigenvalue weighted by atomic mass is 10.0. The second kappa shape index (κ2) is 9.11. The van der Waals surface area contributed by atoms with E-state index in [1.54, 1.807) is 18.9 Å². The molecule has 0 bridgehead atoms. The molecule has 23 heavy (non-hydrogen) atoms. The van der Waals surface area contributed by atoms with Crippen molar-refractivity contribution >= 4 is 33.5 Å². The number of carbonyl (C=O) groups excluding carboxylic acids is 1. The van der Waals surface area contributed by atoms with Gasteiger partial charge < -0.3 is 9.84 Å². The third-order valence-electron chi connectivity index (χ3n) is 3.42. The number of ketones is 1. The summed E-state index contributed by atoms with van der Waals surface area (Å²) in [4.78, 5) is 12.5. The predicted molar refractivity (Wildman–Crippen MR) is 98.4 cm³/mol. The van der Waals surface area contributed by atoms with Crippen LogP contribution in [0.25, 0.3) is 0 Å². The number of carbonyl (C=O) groups is 1. The van der Waals surface area contributed by atoms with Gasteiger partial charge >= 0.3 is 0 Å². The van der Waals surface area contributed by atoms with Gasteiger partial charge in [-0.15, -0.1) is 0 Å². The van der Waals surface area contributed by atoms with E-state index in [0.29, 0.717) is 17.7 Å². The summed E-state index contributed by atoms with van der Waals surface area (Å²) in [5, 5.41) is 9.11. The van der Waals surface area contributed by atoms with Crippen molar-refractivity contribution in [1.29, 1.82) is 0 Å². The van der Waals surface area contributed by atoms with Crippen molar-refractivity contribution in [2.24, 2.45) is 0 Å². The maximum atomic E-state index is 12.5. The van der Waals surface area contributed by atoms with Gasteiger partial charge in [0.1, 0.15) is 5.75 Å². The normalized spacial score (nSPS) is 12.0. The number of hydrogen-bond acceptors (Lipinski definition) is 4. The summed E-state index contributed by atoms with van der Waals surface area (Å²) in [5.41, 5.74) is 1.76. The molecule has 0 saturated heterocycles. The fourth-order valence-corrected chi connectivity index (χ4v) is 3.64. The molecule has 0 radical (unpaired) electrons. The van der Waals surface area contributed by atoms with E-state index >= 15 is 0 Å². The van der Waals surface area contributed by atoms with Crippen LogP contribution in [-0.2, 0) is 0 Å². The third kappa shape index (κ3) is 5.37. The summed E-state index contributed by atoms with van der Waals surface area (Å²) in [6, 6.07) is 15.2. The molecule has 0 heterocycles. The lowest BCUT2D eigenvalue weighted by Crippen LogP contribution is -2.07. The minimum Gasteiger partial charge on any atom is -0.497 e. The van der Waals surface area contributed by atoms with Crippen LogP contribution in [0.15, 0.2) is 53.0 Å². The van der Waals surface area contributed by atoms with Crippen molar-refractivity contribution < 1.29 is 14.6 Å². The molecule has 3 nitrogen and oxygen atoms in total. The molecule has 0 aliphatic heterocycles. The zero-order valence-corrected chi connectivity index (χ0v) is 15.3. The summed E-state index contributed by atoms with van der Waals surface area (Å²) in [6.45, 7) is 0.0996. The maximum absolute atomic E-state index is 12.5. The SMILES string of the molecule is COc1ccc(C(CC(=O)c2cccc(Br)c2)SCCO)cc1. The topological polar surface area (TPSA) is 46.5 Å². The van der Waals surface area contributed by atoms with Crippen molar-refractivity contribution in [1.82, 2.24) is 0 Å². The summed E-state index contributed by atoms with van der Waals surface area (Å²) in [6.07, 6.45) is 0.396. The zero-order valence-electron chi connectivity index (χ0n) is 12.9. The van der Waals surface area contributed by atoms with Gasteiger partial charge in [0.15, 0.2) is 5.78 Å². The Morgan fingerprint density at radius 2 is 2.00 bits per heavy atom. The largest absolute Gasteiger partial charge is 0.497 e. The van der Waals surface area contributed by atoms with Crippen molar-refractivity contribution in [3.63, 3.8) is 0 Å². The first kappa shape index (κ1) is 18.0. The second-order valence-corrected chi connectivity index (χ2v) is 7.22. The quantitative estimate of drug-likeness (QED) is 0.669. The molecule has 2 aromatic carbocycles. The van der Waals surface area contributed by atoms with Gasteiger partial charge in [0.25, 0.3) is 0 Å². The number of hydrogen-bond donors (Lipinski definition) is 1. The fraction of sp³-hybridized carbons (Fsp3) is 0.278. The summed E-state index contributed by atoms with van der Waals surface area (Å²) < 4.78 is 6.07. The molecule has 0 fully saturated rings. The molecule has 0 aliphatic rings. The Morgan fingerprint density at radius 1 is 1.26 bits per heavy atom. The number of rotatable bonds is 8. The van der Waals surface area contributed by atoms with E-state index < -0.39 is 0 Å². The number of thioether (sulfide) groups is 1. The molecule has 2 rings (SSSR count). The molecule has 0 spiro atoms. The highest BCUT2D eigenvalue weighted by Crippen LogP contribution is 2.34. The number of Topliss-reactive ketones (excluding diaryl/α,β-unsaturated/α-hetero) is 1. The molecule has 122 valence electrons. The molecule has 0 aromatic heterocycles. The standard InChI is InChI=1S/C18H19BrO3S/c1-22-16-7-5-13(6-8-16)18(23-10-9-20)12-17(21)14-3-2-4-15(19)11-14/h2-8,11,18,20H,9-10,12H2,1H3. The Bertz CT molecular complexity index is 643. The van der Waals surface area contributed by atoms with E-state index in [-0.39, 0.29) is 17.6 Å². The Kier molecular flexibility index (Phi) is 7.15. The Labute approximate surface area is 149 Å². The van der Waals surface area contributed by atoms with Gasteiger partial charge in [-0.05, 0) is 29.8 Å². The predicted octanol–water partition coefficient (Wildman–Crippen LogP) is 4.50. The molecule has 1 atom stereocenters. The number of aliphatic hydroxyl groups is 1. The fourth-order valence-electron chi connectivity index (χ4n) is 2.23. The van der Waals surface area contributed by atoms with Crippen LogP contribution in [0.4, 0.5) is 0 Å². The van der Waals surface area contributed by atoms with Crippen molar-refractivity contribution in [2.45, 2.75) is 11.7 Å². The second-order valence-electron chi connectivity index (χ2n) is 4.99. The van der Waals surface area contributed by atoms with Crippen LogP contribution in [0, 0.1) is 0 Å². The first-order valence-electron chi connectivity index (χ1n) is 7.29. The number of methoxy groups -OCH3 is 1. The summed E-state index contributed by atoms with van der Waals surface area (Å²) in [5.74, 6) is 1.48. The van der Waals surface area contributed by atoms with E-state index in [0.717, 1.165) is 15.8 Å². The summed E-state index contributed by atoms with van der Waals surface area (Å²) >= 11 is 4.99. The van der Waals surface area contributed by atoms with Crippen LogP contribution in [0.2, 0.25) is 0 Å². The van der Waals surface area contributed by atoms with Crippen molar-refractivity contribution in [3.05, 3.63) is 64.1 Å². The van der Waals surface area contributed by atoms with E-state index in [4.69, 9.17) is 9.84 Å². The Hall–Kier alpha value is -1.30. The molecule has 1 unspecified atom stereocenters. The van der Waals surface area contributed by atoms with Crippen LogP contribution in [0.3, 0.4) is 0 Å². The van der Waals surface area contributed by atoms with Gasteiger partial charge in [-0.2, -0.15) is 11.8 Å². The van der Waals surface area contributed by atoms with Crippen LogP contribution < -0.4 is 4.74 Å². The van der Waals surface area contributed by atoms with Crippen LogP contribution in [0.1, 0.15) is 27.6 Å². The van der Waals surface area contributed by atoms with E-state index in [9.17, 15) is 4.79 Å². The van der Waals surface area contributed by atoms with Gasteiger partial charge in [0, 0.05) is 27.5 Å². The first-order chi connectivity index (χ1) is 11.1. The average molecular weight is 395 g/mol. The molecular weight excluding hydrogens is 376 g/mol. The molecule has 2 aromatic rings. The molecular formula is C18H19BrO3S. The third-order valence-corrected chi connectivity index (χ3v) is 5.17. The molecule has 5 heteroatoms. The van der Waals surface area contributed by atoms with Gasteiger partial charge in [-0.1, -0.05) is 40.2 Å². The van der Waals surface area contributed by atoms with Crippen molar-refractivity contribution in [2.75, 3.05) is 19.5 Å². The molecule has 0 amide bonds. The highest BCUT2D eigenvalue weighted by atomic mass is 79.9. The molecule has 1 N–H and O–H groups in total. The number of halogens is 1. The average Bonchev–Trinajstić information content (AvgIpc) is 2.58. The smallest absolute Gasteiger partial charge is 0.164 e. The van der Waals surface area contributed by atoms with Crippen LogP contribution >= 0.6 is 27.7 Å². The van der Waals surface area contributed by atoms with Gasteiger partial charge in [-0.3, -0.25) is 4.79 Å². The Balaban J connectivity index is 2.15. The van der Waals surface area contributed by atoms with Gasteiger partial charge in [0.2, 0.25) is 0 Å². The van der Waals surface area contributed by atoms with E-state index in [1.165, 1.54) is 0 Å². The summed E-state index contributed by atoms with van der Waals surface area (Å²) in [7, 11) is 1.63. The van der Waals surface area contributed by atoms with Crippen LogP contribution in [0.5, 0.6) is 5.75 Å². The Morgan fingerprint density at radius 3 is 2.61 bits per heavy atom. The highest BCUT2D eigenvalue weighted by molar-refractivity contribution is 9.10. The molecule has 0 aliphatic carbocycles. The number of aliphatic hydroxyl groups excluding tert-OH is 1. The molecule has 0 saturated carbocycles. The number of benzene rings is 2. The van der Waals surface area contributed by atoms with Crippen molar-refractivity contribution in [3.8, 4) is 5.75 Å². The van der Waals surface area contributed by atoms with Gasteiger partial charge in [0.05, 0.1) is 13.7 Å². The van der Waals surface area contributed by atoms with Gasteiger partial charge in [-0.25, -0.2) is 0 Å². The minimum absolute atomic E-state index is 0.0135. The highest BCUT2D eigenvalue weighted by Gasteiger charge is 2.18. The van der Waals surface area contributed by atoms with E-state index in [1.807, 2.05) is 48.5 Å². The number of ether oxygens (including phenoxy) is 1. The van der Waals surface area contributed by atoms with E-state index in [2.05, 4.69) is 15.9 Å². The first-order valence-corrected chi connectivity index (χ1v) is 9.13. The lowest BCUT2D eigenvalue weighted by Gasteiger charge is -2.16. The van der Waals surface area contributed by atoms with Crippen LogP contribution in [-0.4, -0.2) is 30.4 Å². The maximum Gasteiger partial charge on any atom is 0.164 e. The monoisotopic (exact) mass is 394 g/mol. The minimum atomic E-state index is 0.0135. The zero-order chi connectivity index (χ0) is 16.7.